The molecule has 2 saturated heterocycles. The summed E-state index contributed by atoms with van der Waals surface area (Å²) in [5, 5.41) is 0. The highest BCUT2D eigenvalue weighted by Gasteiger charge is 2.58. The number of hydrogen-bond acceptors (Lipinski definition) is 1. The molecule has 2 heterocycles. The molecule has 0 aromatic carbocycles. The van der Waals surface area contributed by atoms with E-state index in [0.29, 0.717) is 5.92 Å². The van der Waals surface area contributed by atoms with Gasteiger partial charge in [0.25, 0.3) is 5.92 Å². The van der Waals surface area contributed by atoms with E-state index in [1.54, 1.807) is 0 Å². The molecule has 2 aliphatic heterocycles. The summed E-state index contributed by atoms with van der Waals surface area (Å²) in [6.07, 6.45) is 2.00. The first-order valence-electron chi connectivity index (χ1n) is 5.06. The Labute approximate surface area is 78.1 Å². The Morgan fingerprint density at radius 3 is 2.46 bits per heavy atom. The number of nitrogens with zero attached hydrogens (tertiary/aromatic N) is 1. The van der Waals surface area contributed by atoms with Crippen molar-refractivity contribution in [1.82, 2.24) is 4.90 Å². The summed E-state index contributed by atoms with van der Waals surface area (Å²) in [6, 6.07) is 0. The maximum absolute atomic E-state index is 13.1. The minimum Gasteiger partial charge on any atom is -0.291 e. The second-order valence-electron chi connectivity index (χ2n) is 5.03. The van der Waals surface area contributed by atoms with Crippen LogP contribution < -0.4 is 0 Å². The molecule has 2 rings (SSSR count). The fourth-order valence-corrected chi connectivity index (χ4v) is 2.91. The van der Waals surface area contributed by atoms with E-state index in [2.05, 4.69) is 13.8 Å². The molecule has 76 valence electrons. The molecular weight excluding hydrogens is 172 g/mol. The molecule has 0 N–H and O–H groups in total. The zero-order valence-electron chi connectivity index (χ0n) is 8.32. The van der Waals surface area contributed by atoms with Gasteiger partial charge in [-0.1, -0.05) is 13.8 Å². The third-order valence-corrected chi connectivity index (χ3v) is 3.32. The van der Waals surface area contributed by atoms with E-state index in [1.165, 1.54) is 0 Å². The lowest BCUT2D eigenvalue weighted by Gasteiger charge is -2.48. The van der Waals surface area contributed by atoms with E-state index in [0.717, 1.165) is 19.4 Å². The summed E-state index contributed by atoms with van der Waals surface area (Å²) in [5.74, 6) is -1.90. The molecule has 13 heavy (non-hydrogen) atoms. The lowest BCUT2D eigenvalue weighted by atomic mass is 9.78. The van der Waals surface area contributed by atoms with Gasteiger partial charge in [0.15, 0.2) is 0 Å². The molecular formula is C10H17F2N. The van der Waals surface area contributed by atoms with Crippen LogP contribution in [0.25, 0.3) is 0 Å². The summed E-state index contributed by atoms with van der Waals surface area (Å²) in [6.45, 7) is 5.10. The monoisotopic (exact) mass is 189 g/mol. The van der Waals surface area contributed by atoms with Crippen molar-refractivity contribution in [3.63, 3.8) is 0 Å². The standard InChI is InChI=1S/C10H17F2N/c1-8(2)5-9-3-4-13(9)7-10(11,12)6-9/h8H,3-7H2,1-2H3. The highest BCUT2D eigenvalue weighted by molar-refractivity contribution is 5.09. The topological polar surface area (TPSA) is 3.24 Å². The largest absolute Gasteiger partial charge is 0.291 e. The number of alkyl halides is 2. The second kappa shape index (κ2) is 2.66. The maximum Gasteiger partial charge on any atom is 0.262 e. The number of fused-ring (bicyclic) bond motifs is 1. The van der Waals surface area contributed by atoms with E-state index in [9.17, 15) is 8.78 Å². The van der Waals surface area contributed by atoms with Gasteiger partial charge in [-0.05, 0) is 18.8 Å². The Morgan fingerprint density at radius 1 is 1.38 bits per heavy atom. The Kier molecular flexibility index (Phi) is 1.92. The van der Waals surface area contributed by atoms with E-state index in [-0.39, 0.29) is 18.5 Å². The van der Waals surface area contributed by atoms with Crippen molar-refractivity contribution >= 4 is 0 Å². The number of hydrogen-bond donors (Lipinski definition) is 0. The first kappa shape index (κ1) is 9.38. The zero-order valence-corrected chi connectivity index (χ0v) is 8.32. The molecule has 0 aromatic rings. The van der Waals surface area contributed by atoms with Gasteiger partial charge in [-0.3, -0.25) is 4.90 Å². The fraction of sp³-hybridized carbons (Fsp3) is 1.00. The Balaban J connectivity index is 2.07. The van der Waals surface area contributed by atoms with Gasteiger partial charge in [0.05, 0.1) is 6.54 Å². The Hall–Kier alpha value is -0.180. The van der Waals surface area contributed by atoms with Crippen LogP contribution in [0.1, 0.15) is 33.1 Å². The molecule has 1 atom stereocenters. The van der Waals surface area contributed by atoms with Crippen LogP contribution in [0.2, 0.25) is 0 Å². The first-order chi connectivity index (χ1) is 5.94. The maximum atomic E-state index is 13.1. The molecule has 1 unspecified atom stereocenters. The van der Waals surface area contributed by atoms with Crippen LogP contribution in [0, 0.1) is 5.92 Å². The van der Waals surface area contributed by atoms with Gasteiger partial charge in [0.1, 0.15) is 0 Å². The van der Waals surface area contributed by atoms with Crippen molar-refractivity contribution in [2.24, 2.45) is 5.92 Å². The van der Waals surface area contributed by atoms with Crippen LogP contribution in [-0.4, -0.2) is 29.5 Å². The lowest BCUT2D eigenvalue weighted by Crippen LogP contribution is -2.56. The molecule has 1 nitrogen and oxygen atoms in total. The van der Waals surface area contributed by atoms with Gasteiger partial charge in [0.2, 0.25) is 0 Å². The van der Waals surface area contributed by atoms with Crippen molar-refractivity contribution in [1.29, 1.82) is 0 Å². The molecule has 0 saturated carbocycles. The SMILES string of the molecule is CC(C)CC12CCN1CC(F)(F)C2. The minimum absolute atomic E-state index is 0.000278. The van der Waals surface area contributed by atoms with Crippen LogP contribution in [0.5, 0.6) is 0 Å². The van der Waals surface area contributed by atoms with Crippen molar-refractivity contribution in [3.05, 3.63) is 0 Å². The van der Waals surface area contributed by atoms with Crippen molar-refractivity contribution in [2.45, 2.75) is 44.6 Å². The van der Waals surface area contributed by atoms with Crippen LogP contribution >= 0.6 is 0 Å². The Bertz CT molecular complexity index is 215. The lowest BCUT2D eigenvalue weighted by molar-refractivity contribution is 0.00847. The zero-order chi connectivity index (χ0) is 9.69. The summed E-state index contributed by atoms with van der Waals surface area (Å²) >= 11 is 0. The normalized spacial score (nSPS) is 37.6. The second-order valence-corrected chi connectivity index (χ2v) is 5.03. The molecule has 0 aliphatic carbocycles. The van der Waals surface area contributed by atoms with Gasteiger partial charge in [0, 0.05) is 18.5 Å². The van der Waals surface area contributed by atoms with E-state index in [4.69, 9.17) is 0 Å². The first-order valence-corrected chi connectivity index (χ1v) is 5.06. The van der Waals surface area contributed by atoms with Crippen LogP contribution in [0.3, 0.4) is 0 Å². The average Bonchev–Trinajstić information content (AvgIpc) is 2.09. The number of halogens is 2. The van der Waals surface area contributed by atoms with E-state index in [1.807, 2.05) is 4.90 Å². The molecule has 0 amide bonds. The highest BCUT2D eigenvalue weighted by Crippen LogP contribution is 2.50. The van der Waals surface area contributed by atoms with Gasteiger partial charge < -0.3 is 0 Å². The molecule has 2 aliphatic rings. The average molecular weight is 189 g/mol. The number of rotatable bonds is 2. The molecule has 0 spiro atoms. The van der Waals surface area contributed by atoms with Gasteiger partial charge >= 0.3 is 0 Å². The van der Waals surface area contributed by atoms with Gasteiger partial charge in [-0.2, -0.15) is 0 Å². The molecule has 2 fully saturated rings. The molecule has 3 heteroatoms. The van der Waals surface area contributed by atoms with E-state index >= 15 is 0 Å². The van der Waals surface area contributed by atoms with Crippen LogP contribution in [0.4, 0.5) is 8.78 Å². The molecule has 0 bridgehead atoms. The highest BCUT2D eigenvalue weighted by atomic mass is 19.3. The summed E-state index contributed by atoms with van der Waals surface area (Å²) in [7, 11) is 0. The summed E-state index contributed by atoms with van der Waals surface area (Å²) in [4.78, 5) is 1.98. The molecule has 0 aromatic heterocycles. The van der Waals surface area contributed by atoms with Gasteiger partial charge in [-0.15, -0.1) is 0 Å². The van der Waals surface area contributed by atoms with E-state index < -0.39 is 5.92 Å². The smallest absolute Gasteiger partial charge is 0.262 e. The predicted molar refractivity (Wildman–Crippen MR) is 47.9 cm³/mol. The van der Waals surface area contributed by atoms with Crippen molar-refractivity contribution in [2.75, 3.05) is 13.1 Å². The Morgan fingerprint density at radius 2 is 2.08 bits per heavy atom. The third kappa shape index (κ3) is 1.47. The van der Waals surface area contributed by atoms with Crippen LogP contribution in [0.15, 0.2) is 0 Å². The molecule has 0 radical (unpaired) electrons. The summed E-state index contributed by atoms with van der Waals surface area (Å²) in [5.41, 5.74) is -0.127. The minimum atomic E-state index is -2.43. The van der Waals surface area contributed by atoms with Crippen LogP contribution in [-0.2, 0) is 0 Å². The summed E-state index contributed by atoms with van der Waals surface area (Å²) < 4.78 is 26.3. The fourth-order valence-electron chi connectivity index (χ4n) is 2.91. The van der Waals surface area contributed by atoms with Crippen molar-refractivity contribution in [3.8, 4) is 0 Å². The predicted octanol–water partition coefficient (Wildman–Crippen LogP) is 2.52. The van der Waals surface area contributed by atoms with Gasteiger partial charge in [-0.25, -0.2) is 8.78 Å². The van der Waals surface area contributed by atoms with Crippen molar-refractivity contribution < 1.29 is 8.78 Å². The third-order valence-electron chi connectivity index (χ3n) is 3.32. The quantitative estimate of drug-likeness (QED) is 0.645.